The van der Waals surface area contributed by atoms with Gasteiger partial charge in [-0.1, -0.05) is 29.5 Å². The molecule has 0 saturated carbocycles. The van der Waals surface area contributed by atoms with E-state index in [1.165, 1.54) is 6.20 Å². The Morgan fingerprint density at radius 1 is 1.29 bits per heavy atom. The fourth-order valence-corrected chi connectivity index (χ4v) is 4.31. The molecular weight excluding hydrogens is 310 g/mol. The van der Waals surface area contributed by atoms with E-state index < -0.39 is 14.9 Å². The average molecular weight is 321 g/mol. The predicted octanol–water partition coefficient (Wildman–Crippen LogP) is 2.09. The molecule has 0 unspecified atom stereocenters. The lowest BCUT2D eigenvalue weighted by Crippen LogP contribution is -2.12. The molecule has 2 N–H and O–H groups in total. The summed E-state index contributed by atoms with van der Waals surface area (Å²) in [6.07, 6.45) is 1.45. The van der Waals surface area contributed by atoms with E-state index in [4.69, 9.17) is 0 Å². The molecule has 8 heteroatoms. The Bertz CT molecular complexity index is 973. The number of aromatic nitrogens is 2. The number of anilines is 1. The van der Waals surface area contributed by atoms with Gasteiger partial charge in [0.1, 0.15) is 0 Å². The van der Waals surface area contributed by atoms with Crippen LogP contribution in [0.4, 0.5) is 5.69 Å². The van der Waals surface area contributed by atoms with Crippen LogP contribution in [0.1, 0.15) is 5.69 Å². The van der Waals surface area contributed by atoms with Crippen molar-refractivity contribution >= 4 is 38.0 Å². The summed E-state index contributed by atoms with van der Waals surface area (Å²) in [7, 11) is -3.79. The number of thiazole rings is 1. The lowest BCUT2D eigenvalue weighted by Gasteiger charge is -2.07. The third kappa shape index (κ3) is 2.67. The van der Waals surface area contributed by atoms with Crippen molar-refractivity contribution in [3.63, 3.8) is 0 Å². The summed E-state index contributed by atoms with van der Waals surface area (Å²) in [6.45, 7) is 1.55. The molecule has 2 aromatic heterocycles. The number of H-pyrrole nitrogens is 1. The summed E-state index contributed by atoms with van der Waals surface area (Å²) < 4.78 is 27.0. The van der Waals surface area contributed by atoms with E-state index in [1.807, 2.05) is 24.3 Å². The lowest BCUT2D eigenvalue weighted by molar-refractivity contribution is 0.602. The number of benzene rings is 1. The molecule has 0 aliphatic heterocycles. The number of sulfonamides is 1. The fraction of sp³-hybridized carbons (Fsp3) is 0.0769. The number of fused-ring (bicyclic) bond motifs is 1. The van der Waals surface area contributed by atoms with Crippen molar-refractivity contribution < 1.29 is 8.42 Å². The van der Waals surface area contributed by atoms with Crippen LogP contribution in [0.25, 0.3) is 10.9 Å². The minimum absolute atomic E-state index is 0.0133. The van der Waals surface area contributed by atoms with Crippen LogP contribution in [0.15, 0.2) is 45.5 Å². The molecule has 3 aromatic rings. The Morgan fingerprint density at radius 2 is 2.05 bits per heavy atom. The number of pyridine rings is 1. The number of nitrogens with one attached hydrogen (secondary N) is 2. The number of hydrogen-bond acceptors (Lipinski definition) is 5. The SMILES string of the molecule is Cc1[nH]c(=O)sc1S(=O)(=O)Nc1cnc2ccccc2c1. The fourth-order valence-electron chi connectivity index (χ4n) is 1.98. The smallest absolute Gasteiger partial charge is 0.306 e. The van der Waals surface area contributed by atoms with Crippen LogP contribution in [0.5, 0.6) is 0 Å². The van der Waals surface area contributed by atoms with E-state index in [0.29, 0.717) is 22.7 Å². The number of hydrogen-bond donors (Lipinski definition) is 2. The first-order chi connectivity index (χ1) is 9.95. The molecule has 0 bridgehead atoms. The first-order valence-corrected chi connectivity index (χ1v) is 8.33. The minimum atomic E-state index is -3.79. The van der Waals surface area contributed by atoms with Gasteiger partial charge >= 0.3 is 4.87 Å². The zero-order valence-corrected chi connectivity index (χ0v) is 12.6. The summed E-state index contributed by atoms with van der Waals surface area (Å²) in [4.78, 5) is 17.5. The van der Waals surface area contributed by atoms with E-state index in [1.54, 1.807) is 13.0 Å². The Hall–Kier alpha value is -2.19. The molecule has 0 spiro atoms. The van der Waals surface area contributed by atoms with Crippen LogP contribution in [0.2, 0.25) is 0 Å². The maximum Gasteiger partial charge on any atom is 0.306 e. The van der Waals surface area contributed by atoms with Crippen molar-refractivity contribution in [2.75, 3.05) is 4.72 Å². The van der Waals surface area contributed by atoms with Crippen molar-refractivity contribution in [1.29, 1.82) is 0 Å². The molecule has 0 saturated heterocycles. The van der Waals surface area contributed by atoms with E-state index in [0.717, 1.165) is 10.9 Å². The van der Waals surface area contributed by atoms with Gasteiger partial charge in [0.05, 0.1) is 17.4 Å². The number of rotatable bonds is 3. The molecule has 108 valence electrons. The molecule has 2 heterocycles. The summed E-state index contributed by atoms with van der Waals surface area (Å²) in [5.41, 5.74) is 1.46. The highest BCUT2D eigenvalue weighted by Crippen LogP contribution is 2.22. The second kappa shape index (κ2) is 4.97. The quantitative estimate of drug-likeness (QED) is 0.772. The molecular formula is C13H11N3O3S2. The van der Waals surface area contributed by atoms with Gasteiger partial charge < -0.3 is 4.98 Å². The molecule has 6 nitrogen and oxygen atoms in total. The Morgan fingerprint density at radius 3 is 2.76 bits per heavy atom. The molecule has 0 aliphatic rings. The number of nitrogens with zero attached hydrogens (tertiary/aromatic N) is 1. The van der Waals surface area contributed by atoms with Gasteiger partial charge in [-0.25, -0.2) is 8.42 Å². The molecule has 0 radical (unpaired) electrons. The summed E-state index contributed by atoms with van der Waals surface area (Å²) >= 11 is 0.662. The normalized spacial score (nSPS) is 11.7. The average Bonchev–Trinajstić information content (AvgIpc) is 2.78. The van der Waals surface area contributed by atoms with Crippen molar-refractivity contribution in [3.05, 3.63) is 51.9 Å². The number of para-hydroxylation sites is 1. The minimum Gasteiger partial charge on any atom is -0.315 e. The first kappa shape index (κ1) is 13.8. The Labute approximate surface area is 124 Å². The molecule has 0 fully saturated rings. The van der Waals surface area contributed by atoms with Crippen molar-refractivity contribution in [3.8, 4) is 0 Å². The first-order valence-electron chi connectivity index (χ1n) is 6.03. The van der Waals surface area contributed by atoms with E-state index in [9.17, 15) is 13.2 Å². The van der Waals surface area contributed by atoms with Gasteiger partial charge in [-0.05, 0) is 19.1 Å². The summed E-state index contributed by atoms with van der Waals surface area (Å²) in [6, 6.07) is 9.10. The zero-order valence-electron chi connectivity index (χ0n) is 11.0. The van der Waals surface area contributed by atoms with Crippen LogP contribution in [-0.2, 0) is 10.0 Å². The second-order valence-electron chi connectivity index (χ2n) is 4.45. The van der Waals surface area contributed by atoms with E-state index in [2.05, 4.69) is 14.7 Å². The second-order valence-corrected chi connectivity index (χ2v) is 7.31. The van der Waals surface area contributed by atoms with Crippen LogP contribution in [0, 0.1) is 6.92 Å². The van der Waals surface area contributed by atoms with Gasteiger partial charge in [0.2, 0.25) is 0 Å². The number of aromatic amines is 1. The molecule has 0 aliphatic carbocycles. The monoisotopic (exact) mass is 321 g/mol. The molecule has 1 aromatic carbocycles. The molecule has 0 amide bonds. The highest BCUT2D eigenvalue weighted by atomic mass is 32.2. The van der Waals surface area contributed by atoms with E-state index >= 15 is 0 Å². The maximum atomic E-state index is 12.3. The van der Waals surface area contributed by atoms with Gasteiger partial charge in [-0.2, -0.15) is 0 Å². The Balaban J connectivity index is 2.01. The highest BCUT2D eigenvalue weighted by Gasteiger charge is 2.20. The number of aryl methyl sites for hydroxylation is 1. The van der Waals surface area contributed by atoms with Crippen molar-refractivity contribution in [2.24, 2.45) is 0 Å². The van der Waals surface area contributed by atoms with Gasteiger partial charge in [-0.3, -0.25) is 14.5 Å². The van der Waals surface area contributed by atoms with Crippen molar-refractivity contribution in [1.82, 2.24) is 9.97 Å². The van der Waals surface area contributed by atoms with Crippen LogP contribution < -0.4 is 9.60 Å². The van der Waals surface area contributed by atoms with Crippen LogP contribution in [0.3, 0.4) is 0 Å². The highest BCUT2D eigenvalue weighted by molar-refractivity contribution is 7.94. The largest absolute Gasteiger partial charge is 0.315 e. The third-order valence-electron chi connectivity index (χ3n) is 2.87. The third-order valence-corrected chi connectivity index (χ3v) is 5.85. The molecule has 3 rings (SSSR count). The summed E-state index contributed by atoms with van der Waals surface area (Å²) in [5, 5.41) is 0.830. The molecule has 21 heavy (non-hydrogen) atoms. The van der Waals surface area contributed by atoms with Crippen molar-refractivity contribution in [2.45, 2.75) is 11.1 Å². The maximum absolute atomic E-state index is 12.3. The van der Waals surface area contributed by atoms with Gasteiger partial charge in [-0.15, -0.1) is 0 Å². The summed E-state index contributed by atoms with van der Waals surface area (Å²) in [5.74, 6) is 0. The van der Waals surface area contributed by atoms with Crippen LogP contribution in [-0.4, -0.2) is 18.4 Å². The van der Waals surface area contributed by atoms with Gasteiger partial charge in [0.15, 0.2) is 4.21 Å². The Kier molecular flexibility index (Phi) is 3.26. The predicted molar refractivity (Wildman–Crippen MR) is 82.2 cm³/mol. The molecule has 0 atom stereocenters. The standard InChI is InChI=1S/C13H11N3O3S2/c1-8-12(20-13(17)15-8)21(18,19)16-10-6-9-4-2-3-5-11(9)14-7-10/h2-7,16H,1H3,(H,15,17). The zero-order chi connectivity index (χ0) is 15.0. The van der Waals surface area contributed by atoms with Crippen LogP contribution >= 0.6 is 11.3 Å². The topological polar surface area (TPSA) is 91.9 Å². The van der Waals surface area contributed by atoms with Gasteiger partial charge in [0.25, 0.3) is 10.0 Å². The van der Waals surface area contributed by atoms with Gasteiger partial charge in [0, 0.05) is 11.1 Å². The lowest BCUT2D eigenvalue weighted by atomic mass is 10.2. The van der Waals surface area contributed by atoms with E-state index in [-0.39, 0.29) is 4.21 Å².